The summed E-state index contributed by atoms with van der Waals surface area (Å²) in [6.07, 6.45) is 5.45. The highest BCUT2D eigenvalue weighted by Crippen LogP contribution is 2.00. The van der Waals surface area contributed by atoms with Crippen molar-refractivity contribution in [1.29, 1.82) is 0 Å². The molecule has 1 rings (SSSR count). The number of aryl methyl sites for hydroxylation is 1. The first-order valence-corrected chi connectivity index (χ1v) is 3.70. The average molecular weight is 164 g/mol. The summed E-state index contributed by atoms with van der Waals surface area (Å²) in [5.41, 5.74) is 1.03. The minimum Gasteiger partial charge on any atom is -0.469 e. The molecule has 0 aliphatic heterocycles. The van der Waals surface area contributed by atoms with Gasteiger partial charge >= 0.3 is 5.97 Å². The smallest absolute Gasteiger partial charge is 0.305 e. The van der Waals surface area contributed by atoms with E-state index in [-0.39, 0.29) is 5.97 Å². The molecule has 0 amide bonds. The molecule has 0 aliphatic rings. The Labute approximate surface area is 71.4 Å². The molecule has 0 aliphatic carbocycles. The van der Waals surface area contributed by atoms with Crippen LogP contribution in [0.1, 0.15) is 12.0 Å². The van der Waals surface area contributed by atoms with Crippen LogP contribution in [0, 0.1) is 6.20 Å². The van der Waals surface area contributed by atoms with Gasteiger partial charge in [-0.2, -0.15) is 0 Å². The molecular formula is C9H10NO2. The maximum atomic E-state index is 10.7. The Balaban J connectivity index is 2.38. The molecule has 1 radical (unpaired) electrons. The van der Waals surface area contributed by atoms with Crippen molar-refractivity contribution < 1.29 is 9.53 Å². The lowest BCUT2D eigenvalue weighted by Crippen LogP contribution is -2.01. The first-order valence-electron chi connectivity index (χ1n) is 3.70. The Morgan fingerprint density at radius 1 is 1.75 bits per heavy atom. The summed E-state index contributed by atoms with van der Waals surface area (Å²) in [6, 6.07) is 3.61. The van der Waals surface area contributed by atoms with Crippen LogP contribution in [0.2, 0.25) is 0 Å². The number of pyridine rings is 1. The van der Waals surface area contributed by atoms with E-state index in [1.807, 2.05) is 6.07 Å². The molecule has 63 valence electrons. The Hall–Kier alpha value is -1.38. The zero-order valence-electron chi connectivity index (χ0n) is 6.91. The van der Waals surface area contributed by atoms with E-state index >= 15 is 0 Å². The van der Waals surface area contributed by atoms with Gasteiger partial charge in [0.05, 0.1) is 13.3 Å². The van der Waals surface area contributed by atoms with E-state index in [0.717, 1.165) is 5.56 Å². The lowest BCUT2D eigenvalue weighted by atomic mass is 10.2. The Kier molecular flexibility index (Phi) is 3.26. The van der Waals surface area contributed by atoms with Gasteiger partial charge in [-0.25, -0.2) is 0 Å². The second-order valence-corrected chi connectivity index (χ2v) is 2.37. The second-order valence-electron chi connectivity index (χ2n) is 2.37. The number of ether oxygens (including phenoxy) is 1. The number of nitrogens with zero attached hydrogens (tertiary/aromatic N) is 1. The van der Waals surface area contributed by atoms with Gasteiger partial charge in [0.25, 0.3) is 0 Å². The standard InChI is InChI=1S/C9H10NO2/c1-12-9(11)5-4-8-3-2-6-10-7-8/h2-3,7H,4-5H2,1H3. The van der Waals surface area contributed by atoms with Gasteiger partial charge in [-0.3, -0.25) is 9.78 Å². The van der Waals surface area contributed by atoms with E-state index in [0.29, 0.717) is 12.8 Å². The first-order chi connectivity index (χ1) is 5.83. The minimum atomic E-state index is -0.192. The SMILES string of the molecule is COC(=O)CCc1cc[c]nc1. The molecule has 0 bridgehead atoms. The monoisotopic (exact) mass is 164 g/mol. The van der Waals surface area contributed by atoms with Crippen molar-refractivity contribution in [1.82, 2.24) is 4.98 Å². The fraction of sp³-hybridized carbons (Fsp3) is 0.333. The van der Waals surface area contributed by atoms with Crippen LogP contribution in [-0.2, 0) is 16.0 Å². The summed E-state index contributed by atoms with van der Waals surface area (Å²) in [6.45, 7) is 0. The van der Waals surface area contributed by atoms with Crippen molar-refractivity contribution in [3.05, 3.63) is 30.1 Å². The van der Waals surface area contributed by atoms with Gasteiger partial charge in [0, 0.05) is 12.6 Å². The van der Waals surface area contributed by atoms with E-state index in [1.54, 1.807) is 12.3 Å². The third kappa shape index (κ3) is 2.70. The maximum absolute atomic E-state index is 10.7. The molecule has 0 saturated carbocycles. The van der Waals surface area contributed by atoms with Gasteiger partial charge in [0.1, 0.15) is 0 Å². The first kappa shape index (κ1) is 8.71. The number of rotatable bonds is 3. The van der Waals surface area contributed by atoms with Crippen molar-refractivity contribution in [2.75, 3.05) is 7.11 Å². The summed E-state index contributed by atoms with van der Waals surface area (Å²) >= 11 is 0. The maximum Gasteiger partial charge on any atom is 0.305 e. The summed E-state index contributed by atoms with van der Waals surface area (Å²) in [5, 5.41) is 0. The van der Waals surface area contributed by atoms with Crippen LogP contribution >= 0.6 is 0 Å². The van der Waals surface area contributed by atoms with Crippen LogP contribution in [0.3, 0.4) is 0 Å². The van der Waals surface area contributed by atoms with E-state index < -0.39 is 0 Å². The van der Waals surface area contributed by atoms with Crippen LogP contribution in [0.25, 0.3) is 0 Å². The highest BCUT2D eigenvalue weighted by atomic mass is 16.5. The Bertz CT molecular complexity index is 246. The van der Waals surface area contributed by atoms with Crippen molar-refractivity contribution in [3.8, 4) is 0 Å². The zero-order chi connectivity index (χ0) is 8.81. The van der Waals surface area contributed by atoms with Gasteiger partial charge < -0.3 is 4.74 Å². The molecule has 3 nitrogen and oxygen atoms in total. The second kappa shape index (κ2) is 4.49. The lowest BCUT2D eigenvalue weighted by molar-refractivity contribution is -0.140. The number of methoxy groups -OCH3 is 1. The average Bonchev–Trinajstić information content (AvgIpc) is 2.16. The van der Waals surface area contributed by atoms with E-state index in [9.17, 15) is 4.79 Å². The molecule has 0 fully saturated rings. The van der Waals surface area contributed by atoms with Crippen LogP contribution < -0.4 is 0 Å². The molecule has 0 atom stereocenters. The van der Waals surface area contributed by atoms with Crippen LogP contribution in [0.15, 0.2) is 18.3 Å². The summed E-state index contributed by atoms with van der Waals surface area (Å²) in [4.78, 5) is 14.5. The third-order valence-electron chi connectivity index (χ3n) is 1.52. The number of aromatic nitrogens is 1. The molecule has 1 aromatic rings. The van der Waals surface area contributed by atoms with Crippen molar-refractivity contribution in [2.24, 2.45) is 0 Å². The summed E-state index contributed by atoms with van der Waals surface area (Å²) in [7, 11) is 1.39. The molecule has 0 N–H and O–H groups in total. The zero-order valence-corrected chi connectivity index (χ0v) is 6.91. The van der Waals surface area contributed by atoms with Crippen molar-refractivity contribution in [3.63, 3.8) is 0 Å². The number of hydrogen-bond acceptors (Lipinski definition) is 3. The third-order valence-corrected chi connectivity index (χ3v) is 1.52. The molecule has 1 aromatic heterocycles. The predicted octanol–water partition coefficient (Wildman–Crippen LogP) is 0.987. The molecule has 3 heteroatoms. The lowest BCUT2D eigenvalue weighted by Gasteiger charge is -1.98. The van der Waals surface area contributed by atoms with Gasteiger partial charge in [-0.05, 0) is 18.1 Å². The quantitative estimate of drug-likeness (QED) is 0.625. The van der Waals surface area contributed by atoms with E-state index in [4.69, 9.17) is 0 Å². The fourth-order valence-corrected chi connectivity index (χ4v) is 0.847. The molecular weight excluding hydrogens is 154 g/mol. The molecule has 1 heterocycles. The van der Waals surface area contributed by atoms with Crippen LogP contribution in [0.5, 0.6) is 0 Å². The van der Waals surface area contributed by atoms with Crippen LogP contribution in [-0.4, -0.2) is 18.1 Å². The fourth-order valence-electron chi connectivity index (χ4n) is 0.847. The summed E-state index contributed by atoms with van der Waals surface area (Å²) in [5.74, 6) is -0.192. The topological polar surface area (TPSA) is 39.2 Å². The highest BCUT2D eigenvalue weighted by molar-refractivity contribution is 5.69. The van der Waals surface area contributed by atoms with E-state index in [2.05, 4.69) is 15.9 Å². The largest absolute Gasteiger partial charge is 0.469 e. The number of carbonyl (C=O) groups excluding carboxylic acids is 1. The van der Waals surface area contributed by atoms with Gasteiger partial charge in [0.2, 0.25) is 0 Å². The number of carbonyl (C=O) groups is 1. The Morgan fingerprint density at radius 3 is 3.17 bits per heavy atom. The number of esters is 1. The number of hydrogen-bond donors (Lipinski definition) is 0. The van der Waals surface area contributed by atoms with Gasteiger partial charge in [-0.1, -0.05) is 6.07 Å². The molecule has 0 spiro atoms. The summed E-state index contributed by atoms with van der Waals surface area (Å²) < 4.78 is 4.50. The highest BCUT2D eigenvalue weighted by Gasteiger charge is 2.00. The van der Waals surface area contributed by atoms with Crippen molar-refractivity contribution in [2.45, 2.75) is 12.8 Å². The molecule has 12 heavy (non-hydrogen) atoms. The molecule has 0 unspecified atom stereocenters. The Morgan fingerprint density at radius 2 is 2.58 bits per heavy atom. The normalized spacial score (nSPS) is 9.42. The van der Waals surface area contributed by atoms with E-state index in [1.165, 1.54) is 7.11 Å². The van der Waals surface area contributed by atoms with Gasteiger partial charge in [-0.15, -0.1) is 0 Å². The molecule has 0 saturated heterocycles. The molecule has 0 aromatic carbocycles. The van der Waals surface area contributed by atoms with Crippen molar-refractivity contribution >= 4 is 5.97 Å². The predicted molar refractivity (Wildman–Crippen MR) is 43.4 cm³/mol. The van der Waals surface area contributed by atoms with Gasteiger partial charge in [0.15, 0.2) is 0 Å². The van der Waals surface area contributed by atoms with Crippen LogP contribution in [0.4, 0.5) is 0 Å². The minimum absolute atomic E-state index is 0.192.